The van der Waals surface area contributed by atoms with Crippen LogP contribution in [0.25, 0.3) is 10.9 Å². The lowest BCUT2D eigenvalue weighted by molar-refractivity contribution is 0.0712. The van der Waals surface area contributed by atoms with Crippen LogP contribution >= 0.6 is 0 Å². The number of hydrogen-bond donors (Lipinski definition) is 2. The number of anilines is 1. The highest BCUT2D eigenvalue weighted by Crippen LogP contribution is 2.29. The minimum absolute atomic E-state index is 0.0326. The first-order valence-corrected chi connectivity index (χ1v) is 9.00. The van der Waals surface area contributed by atoms with Crippen molar-refractivity contribution in [3.05, 3.63) is 66.1 Å². The van der Waals surface area contributed by atoms with Crippen molar-refractivity contribution in [1.29, 1.82) is 0 Å². The SMILES string of the molecule is O=C(c1ccc2cccnc2c1O)N1CCC[C@@H](Nc2cccc(F)c2)C1. The molecule has 5 nitrogen and oxygen atoms in total. The Morgan fingerprint density at radius 1 is 1.22 bits per heavy atom. The number of amides is 1. The molecular weight excluding hydrogens is 345 g/mol. The van der Waals surface area contributed by atoms with Crippen molar-refractivity contribution in [2.24, 2.45) is 0 Å². The lowest BCUT2D eigenvalue weighted by Gasteiger charge is -2.34. The third-order valence-corrected chi connectivity index (χ3v) is 4.88. The topological polar surface area (TPSA) is 65.5 Å². The fraction of sp³-hybridized carbons (Fsp3) is 0.238. The predicted molar refractivity (Wildman–Crippen MR) is 102 cm³/mol. The van der Waals surface area contributed by atoms with Gasteiger partial charge in [-0.05, 0) is 43.2 Å². The van der Waals surface area contributed by atoms with Crippen LogP contribution in [-0.2, 0) is 0 Å². The highest BCUT2D eigenvalue weighted by Gasteiger charge is 2.26. The standard InChI is InChI=1S/C21H20FN3O2/c22-15-5-1-6-16(12-15)24-17-7-3-11-25(13-17)21(27)18-9-8-14-4-2-10-23-19(14)20(18)26/h1-2,4-6,8-10,12,17,24,26H,3,7,11,13H2/t17-/m1/s1. The van der Waals surface area contributed by atoms with E-state index in [0.29, 0.717) is 24.3 Å². The van der Waals surface area contributed by atoms with Crippen molar-refractivity contribution in [3.63, 3.8) is 0 Å². The summed E-state index contributed by atoms with van der Waals surface area (Å²) in [5.74, 6) is -0.596. The molecule has 138 valence electrons. The van der Waals surface area contributed by atoms with Crippen molar-refractivity contribution < 1.29 is 14.3 Å². The molecule has 2 N–H and O–H groups in total. The molecule has 6 heteroatoms. The number of nitrogens with zero attached hydrogens (tertiary/aromatic N) is 2. The first-order chi connectivity index (χ1) is 13.1. The maximum absolute atomic E-state index is 13.4. The summed E-state index contributed by atoms with van der Waals surface area (Å²) in [4.78, 5) is 18.9. The number of phenols is 1. The largest absolute Gasteiger partial charge is 0.505 e. The second kappa shape index (κ2) is 7.23. The van der Waals surface area contributed by atoms with E-state index in [9.17, 15) is 14.3 Å². The van der Waals surface area contributed by atoms with Gasteiger partial charge >= 0.3 is 0 Å². The molecule has 0 radical (unpaired) electrons. The number of aromatic nitrogens is 1. The normalized spacial score (nSPS) is 17.1. The third kappa shape index (κ3) is 3.56. The molecule has 1 fully saturated rings. The summed E-state index contributed by atoms with van der Waals surface area (Å²) in [6, 6.07) is 13.4. The van der Waals surface area contributed by atoms with Gasteiger partial charge in [-0.3, -0.25) is 9.78 Å². The quantitative estimate of drug-likeness (QED) is 0.741. The molecule has 2 aromatic carbocycles. The molecule has 1 aliphatic rings. The number of pyridine rings is 1. The average Bonchev–Trinajstić information content (AvgIpc) is 2.68. The van der Waals surface area contributed by atoms with Gasteiger partial charge in [0, 0.05) is 36.4 Å². The van der Waals surface area contributed by atoms with Crippen LogP contribution in [0.5, 0.6) is 5.75 Å². The first kappa shape index (κ1) is 17.3. The van der Waals surface area contributed by atoms with Gasteiger partial charge < -0.3 is 15.3 Å². The summed E-state index contributed by atoms with van der Waals surface area (Å²) in [5, 5.41) is 14.6. The number of benzene rings is 2. The van der Waals surface area contributed by atoms with Crippen molar-refractivity contribution in [1.82, 2.24) is 9.88 Å². The van der Waals surface area contributed by atoms with Gasteiger partial charge in [0.15, 0.2) is 5.75 Å². The number of carbonyl (C=O) groups is 1. The zero-order valence-electron chi connectivity index (χ0n) is 14.7. The van der Waals surface area contributed by atoms with Crippen LogP contribution < -0.4 is 5.32 Å². The molecule has 0 spiro atoms. The second-order valence-electron chi connectivity index (χ2n) is 6.78. The molecule has 1 aliphatic heterocycles. The first-order valence-electron chi connectivity index (χ1n) is 9.00. The zero-order valence-corrected chi connectivity index (χ0v) is 14.7. The van der Waals surface area contributed by atoms with Crippen LogP contribution in [0.1, 0.15) is 23.2 Å². The molecule has 1 aromatic heterocycles. The number of aromatic hydroxyl groups is 1. The Bertz CT molecular complexity index is 992. The Morgan fingerprint density at radius 2 is 2.11 bits per heavy atom. The van der Waals surface area contributed by atoms with Gasteiger partial charge in [0.1, 0.15) is 11.3 Å². The maximum atomic E-state index is 13.4. The molecule has 27 heavy (non-hydrogen) atoms. The summed E-state index contributed by atoms with van der Waals surface area (Å²) >= 11 is 0. The lowest BCUT2D eigenvalue weighted by Crippen LogP contribution is -2.45. The number of likely N-dealkylation sites (tertiary alicyclic amines) is 1. The third-order valence-electron chi connectivity index (χ3n) is 4.88. The van der Waals surface area contributed by atoms with Gasteiger partial charge in [-0.2, -0.15) is 0 Å². The fourth-order valence-electron chi connectivity index (χ4n) is 3.57. The highest BCUT2D eigenvalue weighted by atomic mass is 19.1. The van der Waals surface area contributed by atoms with E-state index < -0.39 is 0 Å². The fourth-order valence-corrected chi connectivity index (χ4v) is 3.57. The van der Waals surface area contributed by atoms with E-state index in [-0.39, 0.29) is 29.1 Å². The van der Waals surface area contributed by atoms with E-state index >= 15 is 0 Å². The van der Waals surface area contributed by atoms with Crippen LogP contribution in [0.3, 0.4) is 0 Å². The number of halogens is 1. The molecular formula is C21H20FN3O2. The van der Waals surface area contributed by atoms with E-state index in [1.807, 2.05) is 12.1 Å². The van der Waals surface area contributed by atoms with Gasteiger partial charge in [-0.25, -0.2) is 4.39 Å². The minimum atomic E-state index is -0.294. The van der Waals surface area contributed by atoms with E-state index in [0.717, 1.165) is 18.2 Å². The van der Waals surface area contributed by atoms with E-state index in [2.05, 4.69) is 10.3 Å². The Labute approximate surface area is 156 Å². The smallest absolute Gasteiger partial charge is 0.257 e. The molecule has 3 aromatic rings. The molecule has 1 saturated heterocycles. The number of carbonyl (C=O) groups excluding carboxylic acids is 1. The van der Waals surface area contributed by atoms with E-state index in [4.69, 9.17) is 0 Å². The van der Waals surface area contributed by atoms with Crippen LogP contribution in [0.4, 0.5) is 10.1 Å². The summed E-state index contributed by atoms with van der Waals surface area (Å²) < 4.78 is 13.4. The summed E-state index contributed by atoms with van der Waals surface area (Å²) in [7, 11) is 0. The number of rotatable bonds is 3. The van der Waals surface area contributed by atoms with Crippen molar-refractivity contribution in [2.45, 2.75) is 18.9 Å². The van der Waals surface area contributed by atoms with Gasteiger partial charge in [0.2, 0.25) is 0 Å². The van der Waals surface area contributed by atoms with E-state index in [1.54, 1.807) is 35.4 Å². The monoisotopic (exact) mass is 365 g/mol. The Kier molecular flexibility index (Phi) is 4.62. The molecule has 2 heterocycles. The molecule has 0 bridgehead atoms. The summed E-state index contributed by atoms with van der Waals surface area (Å²) in [5.41, 5.74) is 1.38. The number of phenolic OH excluding ortho intramolecular Hbond substituents is 1. The van der Waals surface area contributed by atoms with Crippen LogP contribution in [0.15, 0.2) is 54.7 Å². The van der Waals surface area contributed by atoms with Crippen LogP contribution in [-0.4, -0.2) is 40.0 Å². The molecule has 1 amide bonds. The van der Waals surface area contributed by atoms with Gasteiger partial charge in [-0.15, -0.1) is 0 Å². The van der Waals surface area contributed by atoms with Gasteiger partial charge in [0.05, 0.1) is 5.56 Å². The van der Waals surface area contributed by atoms with Crippen molar-refractivity contribution in [2.75, 3.05) is 18.4 Å². The van der Waals surface area contributed by atoms with Crippen LogP contribution in [0.2, 0.25) is 0 Å². The summed E-state index contributed by atoms with van der Waals surface area (Å²) in [6.07, 6.45) is 3.33. The average molecular weight is 365 g/mol. The van der Waals surface area contributed by atoms with Crippen molar-refractivity contribution in [3.8, 4) is 5.75 Å². The lowest BCUT2D eigenvalue weighted by atomic mass is 10.0. The van der Waals surface area contributed by atoms with E-state index in [1.165, 1.54) is 12.1 Å². The number of fused-ring (bicyclic) bond motifs is 1. The molecule has 0 saturated carbocycles. The Morgan fingerprint density at radius 3 is 2.96 bits per heavy atom. The van der Waals surface area contributed by atoms with Gasteiger partial charge in [-0.1, -0.05) is 18.2 Å². The zero-order chi connectivity index (χ0) is 18.8. The van der Waals surface area contributed by atoms with Crippen LogP contribution in [0, 0.1) is 5.82 Å². The predicted octanol–water partition coefficient (Wildman–Crippen LogP) is 3.80. The molecule has 4 rings (SSSR count). The summed E-state index contributed by atoms with van der Waals surface area (Å²) in [6.45, 7) is 1.12. The molecule has 1 atom stereocenters. The minimum Gasteiger partial charge on any atom is -0.505 e. The molecule has 0 unspecified atom stereocenters. The maximum Gasteiger partial charge on any atom is 0.257 e. The number of piperidine rings is 1. The molecule has 0 aliphatic carbocycles. The van der Waals surface area contributed by atoms with Crippen molar-refractivity contribution >= 4 is 22.5 Å². The van der Waals surface area contributed by atoms with Gasteiger partial charge in [0.25, 0.3) is 5.91 Å². The Balaban J connectivity index is 1.53. The Hall–Kier alpha value is -3.15. The second-order valence-corrected chi connectivity index (χ2v) is 6.78. The number of nitrogens with one attached hydrogen (secondary N) is 1. The highest BCUT2D eigenvalue weighted by molar-refractivity contribution is 6.02. The number of hydrogen-bond acceptors (Lipinski definition) is 4.